The predicted molar refractivity (Wildman–Crippen MR) is 76.4 cm³/mol. The Balaban J connectivity index is 2.14. The fraction of sp³-hybridized carbons (Fsp3) is 0.462. The molecule has 0 atom stereocenters. The van der Waals surface area contributed by atoms with Crippen molar-refractivity contribution < 1.29 is 13.9 Å². The van der Waals surface area contributed by atoms with Gasteiger partial charge in [0, 0.05) is 13.0 Å². The highest BCUT2D eigenvalue weighted by Crippen LogP contribution is 2.16. The zero-order chi connectivity index (χ0) is 13.4. The van der Waals surface area contributed by atoms with E-state index in [4.69, 9.17) is 4.74 Å². The van der Waals surface area contributed by atoms with Crippen LogP contribution in [0.2, 0.25) is 0 Å². The van der Waals surface area contributed by atoms with Gasteiger partial charge >= 0.3 is 0 Å². The summed E-state index contributed by atoms with van der Waals surface area (Å²) >= 11 is 6.22. The average Bonchev–Trinajstić information content (AvgIpc) is 2.37. The minimum Gasteiger partial charge on any atom is -0.377 e. The molecule has 0 aliphatic heterocycles. The van der Waals surface area contributed by atoms with Gasteiger partial charge in [0.05, 0.1) is 16.4 Å². The fourth-order valence-electron chi connectivity index (χ4n) is 1.41. The van der Waals surface area contributed by atoms with Crippen molar-refractivity contribution in [1.29, 1.82) is 0 Å². The molecule has 0 aromatic heterocycles. The molecule has 0 radical (unpaired) electrons. The highest BCUT2D eigenvalue weighted by atomic mass is 79.9. The second kappa shape index (κ2) is 8.77. The second-order valence-electron chi connectivity index (χ2n) is 3.93. The summed E-state index contributed by atoms with van der Waals surface area (Å²) in [5, 5.41) is 0.423. The van der Waals surface area contributed by atoms with E-state index in [2.05, 4.69) is 31.9 Å². The van der Waals surface area contributed by atoms with Gasteiger partial charge in [0.25, 0.3) is 0 Å². The molecule has 0 bridgehead atoms. The Bertz CT molecular complexity index is 397. The molecule has 1 aromatic carbocycles. The first-order valence-electron chi connectivity index (χ1n) is 5.73. The van der Waals surface area contributed by atoms with Crippen LogP contribution in [0.25, 0.3) is 0 Å². The number of carbonyl (C=O) groups is 1. The van der Waals surface area contributed by atoms with Gasteiger partial charge in [-0.1, -0.05) is 22.0 Å². The Morgan fingerprint density at radius 1 is 1.33 bits per heavy atom. The predicted octanol–water partition coefficient (Wildman–Crippen LogP) is 4.24. The monoisotopic (exact) mass is 380 g/mol. The van der Waals surface area contributed by atoms with E-state index in [-0.39, 0.29) is 11.6 Å². The topological polar surface area (TPSA) is 26.3 Å². The van der Waals surface area contributed by atoms with Crippen LogP contribution in [0.4, 0.5) is 4.39 Å². The summed E-state index contributed by atoms with van der Waals surface area (Å²) in [6.45, 7) is 0.990. The molecule has 0 spiro atoms. The number of unbranched alkanes of at least 4 members (excludes halogenated alkanes) is 1. The lowest BCUT2D eigenvalue weighted by Crippen LogP contribution is -2.01. The van der Waals surface area contributed by atoms with Crippen molar-refractivity contribution in [2.45, 2.75) is 25.9 Å². The third kappa shape index (κ3) is 6.07. The molecule has 0 heterocycles. The Hall–Kier alpha value is -0.260. The largest absolute Gasteiger partial charge is 0.377 e. The van der Waals surface area contributed by atoms with Crippen LogP contribution < -0.4 is 0 Å². The summed E-state index contributed by atoms with van der Waals surface area (Å²) < 4.78 is 19.1. The first-order chi connectivity index (χ1) is 8.63. The van der Waals surface area contributed by atoms with E-state index in [1.54, 1.807) is 6.07 Å². The van der Waals surface area contributed by atoms with Crippen LogP contribution in [0.15, 0.2) is 22.7 Å². The Labute approximate surface area is 123 Å². The van der Waals surface area contributed by atoms with Crippen molar-refractivity contribution in [3.05, 3.63) is 34.1 Å². The number of alkyl halides is 1. The molecule has 0 unspecified atom stereocenters. The van der Waals surface area contributed by atoms with E-state index in [1.807, 2.05) is 6.07 Å². The van der Waals surface area contributed by atoms with E-state index in [0.29, 0.717) is 29.4 Å². The Kier molecular flexibility index (Phi) is 7.70. The van der Waals surface area contributed by atoms with Crippen LogP contribution in [-0.2, 0) is 16.1 Å². The van der Waals surface area contributed by atoms with Gasteiger partial charge in [0.1, 0.15) is 11.6 Å². The maximum absolute atomic E-state index is 13.2. The quantitative estimate of drug-likeness (QED) is 0.497. The molecule has 1 rings (SSSR count). The van der Waals surface area contributed by atoms with Gasteiger partial charge < -0.3 is 4.74 Å². The van der Waals surface area contributed by atoms with Crippen molar-refractivity contribution in [3.8, 4) is 0 Å². The summed E-state index contributed by atoms with van der Waals surface area (Å²) in [4.78, 5) is 11.0. The average molecular weight is 382 g/mol. The molecular formula is C13H15Br2FO2. The number of ether oxygens (including phenoxy) is 1. The van der Waals surface area contributed by atoms with Crippen molar-refractivity contribution in [1.82, 2.24) is 0 Å². The number of benzene rings is 1. The number of rotatable bonds is 8. The second-order valence-corrected chi connectivity index (χ2v) is 5.35. The molecule has 1 aromatic rings. The summed E-state index contributed by atoms with van der Waals surface area (Å²) in [6, 6.07) is 4.95. The third-order valence-electron chi connectivity index (χ3n) is 2.40. The summed E-state index contributed by atoms with van der Waals surface area (Å²) in [6.07, 6.45) is 2.26. The third-order valence-corrected chi connectivity index (χ3v) is 3.66. The first-order valence-corrected chi connectivity index (χ1v) is 7.64. The maximum atomic E-state index is 13.2. The van der Waals surface area contributed by atoms with E-state index in [9.17, 15) is 9.18 Å². The number of carbonyl (C=O) groups excluding carboxylic acids is 1. The number of hydrogen-bond acceptors (Lipinski definition) is 2. The lowest BCUT2D eigenvalue weighted by molar-refractivity contribution is -0.116. The summed E-state index contributed by atoms with van der Waals surface area (Å²) in [7, 11) is 0. The van der Waals surface area contributed by atoms with E-state index in [1.165, 1.54) is 6.07 Å². The summed E-state index contributed by atoms with van der Waals surface area (Å²) in [5.41, 5.74) is 0.812. The van der Waals surface area contributed by atoms with E-state index in [0.717, 1.165) is 18.4 Å². The minimum atomic E-state index is -0.279. The molecule has 0 fully saturated rings. The van der Waals surface area contributed by atoms with Crippen LogP contribution in [0, 0.1) is 5.82 Å². The standard InChI is InChI=1S/C13H15Br2FO2/c14-8-11(17)3-1-2-6-18-9-10-4-5-12(15)13(16)7-10/h4-5,7H,1-3,6,8-9H2. The van der Waals surface area contributed by atoms with Gasteiger partial charge in [-0.3, -0.25) is 4.79 Å². The molecule has 2 nitrogen and oxygen atoms in total. The lowest BCUT2D eigenvalue weighted by atomic mass is 10.2. The molecule has 0 aliphatic carbocycles. The van der Waals surface area contributed by atoms with E-state index < -0.39 is 0 Å². The van der Waals surface area contributed by atoms with Crippen LogP contribution in [0.5, 0.6) is 0 Å². The zero-order valence-corrected chi connectivity index (χ0v) is 13.1. The maximum Gasteiger partial charge on any atom is 0.143 e. The Morgan fingerprint density at radius 2 is 2.11 bits per heavy atom. The van der Waals surface area contributed by atoms with Gasteiger partial charge in [-0.15, -0.1) is 0 Å². The zero-order valence-electron chi connectivity index (χ0n) is 9.93. The molecule has 100 valence electrons. The molecule has 5 heteroatoms. The van der Waals surface area contributed by atoms with Gasteiger partial charge in [0.2, 0.25) is 0 Å². The van der Waals surface area contributed by atoms with Crippen LogP contribution in [0.1, 0.15) is 24.8 Å². The van der Waals surface area contributed by atoms with Crippen molar-refractivity contribution >= 4 is 37.6 Å². The van der Waals surface area contributed by atoms with Crippen molar-refractivity contribution in [2.24, 2.45) is 0 Å². The number of halogens is 3. The molecule has 0 aliphatic rings. The highest BCUT2D eigenvalue weighted by Gasteiger charge is 2.01. The number of Topliss-reactive ketones (excluding diaryl/α,β-unsaturated/α-hetero) is 1. The van der Waals surface area contributed by atoms with E-state index >= 15 is 0 Å². The van der Waals surface area contributed by atoms with Gasteiger partial charge in [-0.05, 0) is 46.5 Å². The summed E-state index contributed by atoms with van der Waals surface area (Å²) in [5.74, 6) is -0.0657. The van der Waals surface area contributed by atoms with Gasteiger partial charge in [0.15, 0.2) is 0 Å². The lowest BCUT2D eigenvalue weighted by Gasteiger charge is -2.05. The smallest absolute Gasteiger partial charge is 0.143 e. The molecule has 0 N–H and O–H groups in total. The first kappa shape index (κ1) is 15.8. The van der Waals surface area contributed by atoms with Crippen LogP contribution in [-0.4, -0.2) is 17.7 Å². The molecule has 0 amide bonds. The fourth-order valence-corrected chi connectivity index (χ4v) is 1.94. The molecule has 0 saturated carbocycles. The van der Waals surface area contributed by atoms with Crippen LogP contribution >= 0.6 is 31.9 Å². The van der Waals surface area contributed by atoms with Crippen LogP contribution in [0.3, 0.4) is 0 Å². The normalized spacial score (nSPS) is 10.6. The highest BCUT2D eigenvalue weighted by molar-refractivity contribution is 9.10. The van der Waals surface area contributed by atoms with Gasteiger partial charge in [-0.2, -0.15) is 0 Å². The van der Waals surface area contributed by atoms with Crippen molar-refractivity contribution in [3.63, 3.8) is 0 Å². The van der Waals surface area contributed by atoms with Gasteiger partial charge in [-0.25, -0.2) is 4.39 Å². The molecule has 0 saturated heterocycles. The Morgan fingerprint density at radius 3 is 2.78 bits per heavy atom. The van der Waals surface area contributed by atoms with Crippen molar-refractivity contribution in [2.75, 3.05) is 11.9 Å². The molecule has 18 heavy (non-hydrogen) atoms. The molecular weight excluding hydrogens is 367 g/mol. The minimum absolute atomic E-state index is 0.213. The number of hydrogen-bond donors (Lipinski definition) is 0. The number of ketones is 1. The SMILES string of the molecule is O=C(CBr)CCCCOCc1ccc(Br)c(F)c1.